The maximum Gasteiger partial charge on any atom is 0.435 e. The zero-order valence-corrected chi connectivity index (χ0v) is 20.6. The quantitative estimate of drug-likeness (QED) is 0.419. The molecule has 1 aromatic heterocycles. The van der Waals surface area contributed by atoms with Gasteiger partial charge in [0.05, 0.1) is 23.2 Å². The van der Waals surface area contributed by atoms with Crippen LogP contribution in [0.25, 0.3) is 10.8 Å². The number of nitrogens with zero attached hydrogens (tertiary/aromatic N) is 2. The van der Waals surface area contributed by atoms with Crippen molar-refractivity contribution in [2.24, 2.45) is 5.16 Å². The van der Waals surface area contributed by atoms with E-state index in [4.69, 9.17) is 28.0 Å². The monoisotopic (exact) mass is 539 g/mol. The van der Waals surface area contributed by atoms with Crippen LogP contribution in [0.3, 0.4) is 0 Å². The highest BCUT2D eigenvalue weighted by molar-refractivity contribution is 8.00. The van der Waals surface area contributed by atoms with Crippen LogP contribution >= 0.6 is 35.0 Å². The van der Waals surface area contributed by atoms with Gasteiger partial charge in [0.1, 0.15) is 5.71 Å². The van der Waals surface area contributed by atoms with Gasteiger partial charge in [-0.15, -0.1) is 0 Å². The van der Waals surface area contributed by atoms with Gasteiger partial charge in [-0.25, -0.2) is 0 Å². The maximum atomic E-state index is 14.4. The predicted octanol–water partition coefficient (Wildman–Crippen LogP) is 6.36. The Morgan fingerprint density at radius 3 is 2.37 bits per heavy atom. The van der Waals surface area contributed by atoms with Gasteiger partial charge >= 0.3 is 6.18 Å². The summed E-state index contributed by atoms with van der Waals surface area (Å²) in [6.07, 6.45) is -4.09. The number of aromatic nitrogens is 1. The molecule has 0 bridgehead atoms. The van der Waals surface area contributed by atoms with Crippen molar-refractivity contribution in [3.63, 3.8) is 0 Å². The Morgan fingerprint density at radius 2 is 1.77 bits per heavy atom. The highest BCUT2D eigenvalue weighted by Crippen LogP contribution is 2.50. The van der Waals surface area contributed by atoms with Crippen molar-refractivity contribution in [1.29, 1.82) is 0 Å². The lowest BCUT2D eigenvalue weighted by atomic mass is 9.86. The molecule has 1 saturated heterocycles. The lowest BCUT2D eigenvalue weighted by Gasteiger charge is -2.38. The Kier molecular flexibility index (Phi) is 5.93. The van der Waals surface area contributed by atoms with Crippen molar-refractivity contribution in [1.82, 2.24) is 10.3 Å². The summed E-state index contributed by atoms with van der Waals surface area (Å²) < 4.78 is 43.1. The highest BCUT2D eigenvalue weighted by atomic mass is 35.5. The van der Waals surface area contributed by atoms with E-state index in [1.54, 1.807) is 36.0 Å². The first-order valence-corrected chi connectivity index (χ1v) is 12.5. The molecule has 2 aliphatic rings. The van der Waals surface area contributed by atoms with E-state index < -0.39 is 18.2 Å². The number of rotatable bonds is 4. The van der Waals surface area contributed by atoms with Crippen LogP contribution in [-0.2, 0) is 10.4 Å². The standard InChI is InChI=1S/C24H18Cl2F3N3O2S/c1-22(11-35-12-22)31-21(33)18-10-30-20(17-5-3-2-4-16(17)18)19-9-23(34-32-19,24(27,28)29)13-6-14(25)8-15(26)7-13/h2-8,10H,9,11-12H2,1H3,(H,31,33). The number of oxime groups is 1. The molecule has 2 aromatic carbocycles. The van der Waals surface area contributed by atoms with Crippen molar-refractivity contribution in [3.05, 3.63) is 75.5 Å². The molecule has 1 N–H and O–H groups in total. The van der Waals surface area contributed by atoms with Gasteiger partial charge in [-0.1, -0.05) is 52.6 Å². The zero-order valence-electron chi connectivity index (χ0n) is 18.2. The molecule has 3 aromatic rings. The second-order valence-electron chi connectivity index (χ2n) is 8.86. The minimum atomic E-state index is -4.82. The van der Waals surface area contributed by atoms with Crippen LogP contribution < -0.4 is 5.32 Å². The molecule has 1 atom stereocenters. The number of pyridine rings is 1. The number of thioether (sulfide) groups is 1. The SMILES string of the molecule is CC1(NC(=O)c2cnc(C3=NOC(c4cc(Cl)cc(Cl)c4)(C(F)(F)F)C3)c3ccccc23)CSC1. The Hall–Kier alpha value is -2.49. The second kappa shape index (κ2) is 8.57. The number of hydrogen-bond donors (Lipinski definition) is 1. The first kappa shape index (κ1) is 24.2. The molecule has 5 rings (SSSR count). The number of hydrogen-bond acceptors (Lipinski definition) is 5. The zero-order chi connectivity index (χ0) is 25.0. The molecule has 11 heteroatoms. The van der Waals surface area contributed by atoms with Crippen LogP contribution in [-0.4, -0.2) is 39.8 Å². The van der Waals surface area contributed by atoms with E-state index in [0.717, 1.165) is 23.6 Å². The van der Waals surface area contributed by atoms with Gasteiger partial charge in [-0.05, 0) is 30.5 Å². The number of amides is 1. The normalized spacial score (nSPS) is 21.3. The fourth-order valence-corrected chi connectivity index (χ4v) is 5.73. The van der Waals surface area contributed by atoms with E-state index in [0.29, 0.717) is 16.3 Å². The molecule has 1 fully saturated rings. The number of nitrogens with one attached hydrogen (secondary N) is 1. The fraction of sp³-hybridized carbons (Fsp3) is 0.292. The molecule has 0 radical (unpaired) electrons. The Morgan fingerprint density at radius 1 is 1.11 bits per heavy atom. The van der Waals surface area contributed by atoms with Gasteiger partial charge < -0.3 is 10.2 Å². The Balaban J connectivity index is 1.54. The summed E-state index contributed by atoms with van der Waals surface area (Å²) in [5, 5.41) is 7.99. The lowest BCUT2D eigenvalue weighted by molar-refractivity contribution is -0.275. The summed E-state index contributed by atoms with van der Waals surface area (Å²) in [6.45, 7) is 1.97. The average Bonchev–Trinajstić information content (AvgIpc) is 3.23. The topological polar surface area (TPSA) is 63.6 Å². The number of halogens is 5. The summed E-state index contributed by atoms with van der Waals surface area (Å²) in [5.74, 6) is 1.33. The lowest BCUT2D eigenvalue weighted by Crippen LogP contribution is -2.55. The molecule has 1 amide bonds. The summed E-state index contributed by atoms with van der Waals surface area (Å²) in [5.41, 5.74) is -2.77. The number of fused-ring (bicyclic) bond motifs is 1. The molecule has 3 heterocycles. The summed E-state index contributed by atoms with van der Waals surface area (Å²) in [4.78, 5) is 22.5. The van der Waals surface area contributed by atoms with Crippen molar-refractivity contribution >= 4 is 57.4 Å². The molecule has 5 nitrogen and oxygen atoms in total. The van der Waals surface area contributed by atoms with E-state index in [9.17, 15) is 18.0 Å². The largest absolute Gasteiger partial charge is 0.435 e. The van der Waals surface area contributed by atoms with E-state index in [1.807, 2.05) is 6.92 Å². The van der Waals surface area contributed by atoms with Crippen LogP contribution in [0.1, 0.15) is 35.0 Å². The second-order valence-corrected chi connectivity index (χ2v) is 10.7. The van der Waals surface area contributed by atoms with E-state index >= 15 is 0 Å². The van der Waals surface area contributed by atoms with Gasteiger partial charge in [0.2, 0.25) is 0 Å². The molecule has 35 heavy (non-hydrogen) atoms. The van der Waals surface area contributed by atoms with Crippen molar-refractivity contribution in [2.75, 3.05) is 11.5 Å². The number of carbonyl (C=O) groups excluding carboxylic acids is 1. The molecular formula is C24H18Cl2F3N3O2S. The van der Waals surface area contributed by atoms with Gasteiger partial charge in [-0.3, -0.25) is 9.78 Å². The Bertz CT molecular complexity index is 1360. The highest BCUT2D eigenvalue weighted by Gasteiger charge is 2.62. The number of alkyl halides is 3. The Labute approximate surface area is 213 Å². The van der Waals surface area contributed by atoms with Crippen molar-refractivity contribution in [3.8, 4) is 0 Å². The summed E-state index contributed by atoms with van der Waals surface area (Å²) in [6, 6.07) is 10.6. The van der Waals surface area contributed by atoms with Gasteiger partial charge in [-0.2, -0.15) is 24.9 Å². The van der Waals surface area contributed by atoms with E-state index in [-0.39, 0.29) is 38.5 Å². The molecule has 2 aliphatic heterocycles. The van der Waals surface area contributed by atoms with Crippen LogP contribution in [0.4, 0.5) is 13.2 Å². The minimum absolute atomic E-state index is 0.00364. The molecule has 1 unspecified atom stereocenters. The van der Waals surface area contributed by atoms with Crippen LogP contribution in [0.2, 0.25) is 10.0 Å². The van der Waals surface area contributed by atoms with Crippen LogP contribution in [0.15, 0.2) is 53.8 Å². The summed E-state index contributed by atoms with van der Waals surface area (Å²) >= 11 is 13.7. The first-order chi connectivity index (χ1) is 16.5. The summed E-state index contributed by atoms with van der Waals surface area (Å²) in [7, 11) is 0. The third kappa shape index (κ3) is 4.23. The maximum absolute atomic E-state index is 14.4. The van der Waals surface area contributed by atoms with Crippen LogP contribution in [0, 0.1) is 0 Å². The molecule has 182 valence electrons. The van der Waals surface area contributed by atoms with Gasteiger partial charge in [0.15, 0.2) is 0 Å². The third-order valence-corrected chi connectivity index (χ3v) is 8.20. The molecule has 0 aliphatic carbocycles. The smallest absolute Gasteiger partial charge is 0.374 e. The third-order valence-electron chi connectivity index (χ3n) is 6.08. The van der Waals surface area contributed by atoms with Gasteiger partial charge in [0.25, 0.3) is 11.5 Å². The molecule has 0 spiro atoms. The van der Waals surface area contributed by atoms with Crippen molar-refractivity contribution in [2.45, 2.75) is 30.7 Å². The van der Waals surface area contributed by atoms with Gasteiger partial charge in [0, 0.05) is 38.7 Å². The van der Waals surface area contributed by atoms with Crippen molar-refractivity contribution < 1.29 is 22.8 Å². The van der Waals surface area contributed by atoms with E-state index in [1.165, 1.54) is 12.3 Å². The fourth-order valence-electron chi connectivity index (χ4n) is 4.24. The first-order valence-electron chi connectivity index (χ1n) is 10.6. The number of carbonyl (C=O) groups is 1. The van der Waals surface area contributed by atoms with Crippen LogP contribution in [0.5, 0.6) is 0 Å². The average molecular weight is 540 g/mol. The predicted molar refractivity (Wildman–Crippen MR) is 131 cm³/mol. The minimum Gasteiger partial charge on any atom is -0.374 e. The van der Waals surface area contributed by atoms with E-state index in [2.05, 4.69) is 15.5 Å². The molecule has 0 saturated carbocycles. The molecular weight excluding hydrogens is 522 g/mol. The number of benzene rings is 2.